The molecule has 1 N–H and O–H groups in total. The first-order valence-electron chi connectivity index (χ1n) is 6.54. The molecule has 0 bridgehead atoms. The number of hydrogen-bond donors (Lipinski definition) is 1. The molecule has 22 heavy (non-hydrogen) atoms. The molecule has 0 amide bonds. The van der Waals surface area contributed by atoms with Gasteiger partial charge in [-0.05, 0) is 24.3 Å². The summed E-state index contributed by atoms with van der Waals surface area (Å²) in [6.07, 6.45) is 0. The van der Waals surface area contributed by atoms with E-state index in [9.17, 15) is 9.00 Å². The Kier molecular flexibility index (Phi) is 3.79. The molecule has 1 unspecified atom stereocenters. The van der Waals surface area contributed by atoms with E-state index in [4.69, 9.17) is 8.97 Å². The first-order chi connectivity index (χ1) is 10.6. The summed E-state index contributed by atoms with van der Waals surface area (Å²) in [6.45, 7) is 0. The molecule has 0 radical (unpaired) electrons. The van der Waals surface area contributed by atoms with Crippen LogP contribution in [0.15, 0.2) is 68.7 Å². The SMILES string of the molecule is Cn1c(-c2ccccc2)c(-c2ccc(S(=O)O)cc2)oc1=O. The van der Waals surface area contributed by atoms with Crippen molar-refractivity contribution in [1.29, 1.82) is 0 Å². The van der Waals surface area contributed by atoms with Crippen molar-refractivity contribution < 1.29 is 13.2 Å². The summed E-state index contributed by atoms with van der Waals surface area (Å²) in [5, 5.41) is 0. The van der Waals surface area contributed by atoms with Crippen LogP contribution in [0.1, 0.15) is 0 Å². The fourth-order valence-electron chi connectivity index (χ4n) is 2.29. The highest BCUT2D eigenvalue weighted by Crippen LogP contribution is 2.31. The van der Waals surface area contributed by atoms with E-state index >= 15 is 0 Å². The molecule has 5 nitrogen and oxygen atoms in total. The second kappa shape index (κ2) is 5.75. The predicted molar refractivity (Wildman–Crippen MR) is 83.9 cm³/mol. The summed E-state index contributed by atoms with van der Waals surface area (Å²) in [6, 6.07) is 15.8. The van der Waals surface area contributed by atoms with Crippen LogP contribution in [0.5, 0.6) is 0 Å². The summed E-state index contributed by atoms with van der Waals surface area (Å²) in [5.74, 6) is -0.0161. The molecule has 112 valence electrons. The van der Waals surface area contributed by atoms with Crippen molar-refractivity contribution in [3.05, 3.63) is 65.1 Å². The van der Waals surface area contributed by atoms with E-state index in [0.717, 1.165) is 5.56 Å². The first-order valence-corrected chi connectivity index (χ1v) is 7.65. The highest BCUT2D eigenvalue weighted by molar-refractivity contribution is 7.79. The van der Waals surface area contributed by atoms with E-state index < -0.39 is 16.8 Å². The lowest BCUT2D eigenvalue weighted by molar-refractivity contribution is 0.505. The highest BCUT2D eigenvalue weighted by Gasteiger charge is 2.17. The minimum Gasteiger partial charge on any atom is -0.407 e. The second-order valence-electron chi connectivity index (χ2n) is 4.74. The zero-order valence-corrected chi connectivity index (χ0v) is 12.5. The van der Waals surface area contributed by atoms with Gasteiger partial charge in [0.2, 0.25) is 0 Å². The van der Waals surface area contributed by atoms with Gasteiger partial charge in [0.1, 0.15) is 0 Å². The Balaban J connectivity index is 2.18. The Morgan fingerprint density at radius 3 is 2.23 bits per heavy atom. The summed E-state index contributed by atoms with van der Waals surface area (Å²) in [4.78, 5) is 12.2. The van der Waals surface area contributed by atoms with Gasteiger partial charge in [-0.25, -0.2) is 9.00 Å². The molecule has 3 rings (SSSR count). The van der Waals surface area contributed by atoms with Gasteiger partial charge in [-0.1, -0.05) is 30.3 Å². The van der Waals surface area contributed by atoms with Crippen molar-refractivity contribution >= 4 is 11.1 Å². The van der Waals surface area contributed by atoms with Gasteiger partial charge in [-0.3, -0.25) is 4.57 Å². The van der Waals surface area contributed by atoms with Gasteiger partial charge in [0.25, 0.3) is 0 Å². The van der Waals surface area contributed by atoms with Gasteiger partial charge in [0.05, 0.1) is 10.6 Å². The fourth-order valence-corrected chi connectivity index (χ4v) is 2.66. The van der Waals surface area contributed by atoms with E-state index in [2.05, 4.69) is 0 Å². The lowest BCUT2D eigenvalue weighted by Gasteiger charge is -2.05. The molecule has 3 aromatic rings. The van der Waals surface area contributed by atoms with Gasteiger partial charge in [0.15, 0.2) is 16.8 Å². The van der Waals surface area contributed by atoms with Gasteiger partial charge < -0.3 is 8.97 Å². The maximum atomic E-state index is 11.9. The monoisotopic (exact) mass is 315 g/mol. The third-order valence-electron chi connectivity index (χ3n) is 3.38. The largest absolute Gasteiger partial charge is 0.419 e. The zero-order chi connectivity index (χ0) is 15.7. The van der Waals surface area contributed by atoms with Crippen LogP contribution in [0.2, 0.25) is 0 Å². The maximum absolute atomic E-state index is 11.9. The Labute approximate surface area is 129 Å². The Bertz CT molecular complexity index is 879. The number of nitrogens with zero attached hydrogens (tertiary/aromatic N) is 1. The average molecular weight is 315 g/mol. The molecular formula is C16H13NO4S. The highest BCUT2D eigenvalue weighted by atomic mass is 32.2. The molecule has 2 aromatic carbocycles. The van der Waals surface area contributed by atoms with Crippen LogP contribution in [0.3, 0.4) is 0 Å². The van der Waals surface area contributed by atoms with Gasteiger partial charge in [0, 0.05) is 18.2 Å². The molecule has 0 fully saturated rings. The predicted octanol–water partition coefficient (Wildman–Crippen LogP) is 2.89. The van der Waals surface area contributed by atoms with Crippen molar-refractivity contribution in [2.45, 2.75) is 4.90 Å². The number of hydrogen-bond acceptors (Lipinski definition) is 3. The van der Waals surface area contributed by atoms with Crippen molar-refractivity contribution in [3.63, 3.8) is 0 Å². The number of rotatable bonds is 3. The molecular weight excluding hydrogens is 302 g/mol. The Morgan fingerprint density at radius 2 is 1.64 bits per heavy atom. The molecule has 6 heteroatoms. The lowest BCUT2D eigenvalue weighted by Crippen LogP contribution is -2.09. The minimum atomic E-state index is -2.03. The molecule has 1 atom stereocenters. The summed E-state index contributed by atoms with van der Waals surface area (Å²) in [5.41, 5.74) is 2.20. The van der Waals surface area contributed by atoms with Crippen LogP contribution in [-0.4, -0.2) is 13.3 Å². The third-order valence-corrected chi connectivity index (χ3v) is 4.05. The van der Waals surface area contributed by atoms with Gasteiger partial charge in [-0.2, -0.15) is 0 Å². The van der Waals surface area contributed by atoms with E-state index in [1.165, 1.54) is 16.7 Å². The summed E-state index contributed by atoms with van der Waals surface area (Å²) in [7, 11) is 1.65. The normalized spacial score (nSPS) is 12.3. The summed E-state index contributed by atoms with van der Waals surface area (Å²) >= 11 is -2.03. The second-order valence-corrected chi connectivity index (χ2v) is 5.71. The zero-order valence-electron chi connectivity index (χ0n) is 11.7. The van der Waals surface area contributed by atoms with Crippen LogP contribution in [0, 0.1) is 0 Å². The minimum absolute atomic E-state index is 0.295. The number of aromatic nitrogens is 1. The molecule has 1 aromatic heterocycles. The first kappa shape index (κ1) is 14.5. The third kappa shape index (κ3) is 2.54. The molecule has 1 heterocycles. The van der Waals surface area contributed by atoms with Crippen LogP contribution < -0.4 is 5.76 Å². The molecule has 0 saturated heterocycles. The molecule has 0 aliphatic heterocycles. The number of oxazole rings is 1. The Hall–Kier alpha value is -2.44. The Morgan fingerprint density at radius 1 is 1.00 bits per heavy atom. The fraction of sp³-hybridized carbons (Fsp3) is 0.0625. The molecule has 0 spiro atoms. The lowest BCUT2D eigenvalue weighted by atomic mass is 10.1. The van der Waals surface area contributed by atoms with Crippen molar-refractivity contribution in [3.8, 4) is 22.6 Å². The maximum Gasteiger partial charge on any atom is 0.419 e. The van der Waals surface area contributed by atoms with Gasteiger partial charge >= 0.3 is 5.76 Å². The van der Waals surface area contributed by atoms with Crippen molar-refractivity contribution in [2.24, 2.45) is 7.05 Å². The van der Waals surface area contributed by atoms with Crippen molar-refractivity contribution in [2.75, 3.05) is 0 Å². The standard InChI is InChI=1S/C16H13NO4S/c1-17-14(11-5-3-2-4-6-11)15(21-16(17)18)12-7-9-13(10-8-12)22(19)20/h2-10H,1H3,(H,19,20). The van der Waals surface area contributed by atoms with E-state index in [-0.39, 0.29) is 0 Å². The van der Waals surface area contributed by atoms with E-state index in [1.807, 2.05) is 30.3 Å². The molecule has 0 aliphatic carbocycles. The van der Waals surface area contributed by atoms with Crippen LogP contribution in [0.25, 0.3) is 22.6 Å². The van der Waals surface area contributed by atoms with Crippen LogP contribution in [-0.2, 0) is 18.1 Å². The number of benzene rings is 2. The molecule has 0 aliphatic rings. The topological polar surface area (TPSA) is 72.4 Å². The molecule has 0 saturated carbocycles. The average Bonchev–Trinajstić information content (AvgIpc) is 2.84. The van der Waals surface area contributed by atoms with E-state index in [1.54, 1.807) is 19.2 Å². The summed E-state index contributed by atoms with van der Waals surface area (Å²) < 4.78 is 26.9. The van der Waals surface area contributed by atoms with E-state index in [0.29, 0.717) is 21.9 Å². The van der Waals surface area contributed by atoms with Crippen LogP contribution >= 0.6 is 0 Å². The van der Waals surface area contributed by atoms with Gasteiger partial charge in [-0.15, -0.1) is 0 Å². The van der Waals surface area contributed by atoms with Crippen LogP contribution in [0.4, 0.5) is 0 Å². The smallest absolute Gasteiger partial charge is 0.407 e. The quantitative estimate of drug-likeness (QED) is 0.754. The van der Waals surface area contributed by atoms with Crippen molar-refractivity contribution in [1.82, 2.24) is 4.57 Å².